The molecule has 5 rings (SSSR count). The van der Waals surface area contributed by atoms with Crippen LogP contribution in [0.15, 0.2) is 89.7 Å². The molecule has 1 heterocycles. The van der Waals surface area contributed by atoms with Gasteiger partial charge < -0.3 is 9.64 Å². The number of nitrogens with zero attached hydrogens (tertiary/aromatic N) is 3. The summed E-state index contributed by atoms with van der Waals surface area (Å²) in [5.74, 6) is -0.506. The van der Waals surface area contributed by atoms with Crippen molar-refractivity contribution >= 4 is 39.2 Å². The Morgan fingerprint density at radius 3 is 2.53 bits per heavy atom. The molecule has 8 heteroatoms. The third-order valence-electron chi connectivity index (χ3n) is 6.60. The Hall–Kier alpha value is -4.07. The monoisotopic (exact) mass is 529 g/mol. The minimum atomic E-state index is -0.648. The van der Waals surface area contributed by atoms with Gasteiger partial charge in [-0.1, -0.05) is 54.1 Å². The van der Waals surface area contributed by atoms with Crippen LogP contribution in [0.3, 0.4) is 0 Å². The highest BCUT2D eigenvalue weighted by molar-refractivity contribution is 6.30. The lowest BCUT2D eigenvalue weighted by Crippen LogP contribution is -2.39. The van der Waals surface area contributed by atoms with Gasteiger partial charge in [0.05, 0.1) is 34.3 Å². The number of para-hydroxylation sites is 1. The second-order valence-electron chi connectivity index (χ2n) is 8.96. The lowest BCUT2D eigenvalue weighted by Gasteiger charge is -2.30. The number of halogens is 2. The van der Waals surface area contributed by atoms with Crippen molar-refractivity contribution in [1.29, 1.82) is 0 Å². The number of amides is 1. The molecule has 1 amide bonds. The first-order valence-electron chi connectivity index (χ1n) is 12.1. The molecule has 0 aliphatic heterocycles. The Kier molecular flexibility index (Phi) is 7.22. The number of methoxy groups -OCH3 is 1. The minimum absolute atomic E-state index is 0.121. The summed E-state index contributed by atoms with van der Waals surface area (Å²) < 4.78 is 20.7. The highest BCUT2D eigenvalue weighted by Gasteiger charge is 2.28. The summed E-state index contributed by atoms with van der Waals surface area (Å²) >= 11 is 6.08. The summed E-state index contributed by atoms with van der Waals surface area (Å²) in [5, 5.41) is 2.25. The zero-order valence-electron chi connectivity index (χ0n) is 20.9. The van der Waals surface area contributed by atoms with Crippen molar-refractivity contribution < 1.29 is 13.9 Å². The van der Waals surface area contributed by atoms with E-state index in [-0.39, 0.29) is 29.6 Å². The minimum Gasteiger partial charge on any atom is -0.383 e. The molecule has 0 bridgehead atoms. The molecular formula is C30H25ClFN3O3. The van der Waals surface area contributed by atoms with Crippen LogP contribution in [0.4, 0.5) is 4.39 Å². The van der Waals surface area contributed by atoms with Crippen molar-refractivity contribution in [2.75, 3.05) is 20.3 Å². The van der Waals surface area contributed by atoms with Gasteiger partial charge in [-0.3, -0.25) is 14.2 Å². The molecule has 4 aromatic carbocycles. The molecule has 0 aliphatic carbocycles. The van der Waals surface area contributed by atoms with E-state index in [1.54, 1.807) is 42.3 Å². The molecule has 5 aromatic rings. The van der Waals surface area contributed by atoms with Crippen LogP contribution < -0.4 is 5.56 Å². The molecule has 0 saturated heterocycles. The zero-order chi connectivity index (χ0) is 26.8. The number of hydrogen-bond acceptors (Lipinski definition) is 4. The van der Waals surface area contributed by atoms with E-state index in [2.05, 4.69) is 0 Å². The van der Waals surface area contributed by atoms with Gasteiger partial charge in [-0.15, -0.1) is 0 Å². The molecule has 1 unspecified atom stereocenters. The number of carbonyl (C=O) groups excluding carboxylic acids is 1. The molecule has 192 valence electrons. The van der Waals surface area contributed by atoms with E-state index in [0.29, 0.717) is 28.0 Å². The third-order valence-corrected chi connectivity index (χ3v) is 6.89. The molecule has 0 spiro atoms. The molecule has 0 saturated carbocycles. The van der Waals surface area contributed by atoms with Gasteiger partial charge in [-0.05, 0) is 60.2 Å². The van der Waals surface area contributed by atoms with Crippen molar-refractivity contribution in [2.45, 2.75) is 13.0 Å². The second-order valence-corrected chi connectivity index (χ2v) is 9.36. The molecule has 0 N–H and O–H groups in total. The van der Waals surface area contributed by atoms with Gasteiger partial charge in [-0.25, -0.2) is 9.37 Å². The molecule has 38 heavy (non-hydrogen) atoms. The van der Waals surface area contributed by atoms with Crippen LogP contribution in [0.2, 0.25) is 5.02 Å². The summed E-state index contributed by atoms with van der Waals surface area (Å²) in [6, 6.07) is 23.8. The molecule has 0 aliphatic rings. The fourth-order valence-corrected chi connectivity index (χ4v) is 4.77. The van der Waals surface area contributed by atoms with Crippen LogP contribution in [-0.4, -0.2) is 40.6 Å². The Morgan fingerprint density at radius 2 is 1.76 bits per heavy atom. The standard InChI is InChI=1S/C30H25ClFN3O3/c1-19(34(15-16-38-2)29(36)22-12-11-20-7-3-4-8-21(20)17-22)28-33-27-10-6-5-9-24(27)30(37)35(28)23-13-14-26(32)25(31)18-23/h3-14,17-19H,15-16H2,1-2H3. The number of benzene rings is 4. The molecule has 0 fully saturated rings. The zero-order valence-corrected chi connectivity index (χ0v) is 21.7. The van der Waals surface area contributed by atoms with Gasteiger partial charge in [0, 0.05) is 19.2 Å². The van der Waals surface area contributed by atoms with Crippen molar-refractivity contribution in [1.82, 2.24) is 14.5 Å². The van der Waals surface area contributed by atoms with E-state index < -0.39 is 11.9 Å². The lowest BCUT2D eigenvalue weighted by atomic mass is 10.1. The van der Waals surface area contributed by atoms with E-state index in [1.807, 2.05) is 43.3 Å². The van der Waals surface area contributed by atoms with Crippen LogP contribution in [0, 0.1) is 5.82 Å². The SMILES string of the molecule is COCCN(C(=O)c1ccc2ccccc2c1)C(C)c1nc2ccccc2c(=O)n1-c1ccc(F)c(Cl)c1. The number of carbonyl (C=O) groups is 1. The number of hydrogen-bond donors (Lipinski definition) is 0. The van der Waals surface area contributed by atoms with Crippen LogP contribution in [0.1, 0.15) is 29.1 Å². The van der Waals surface area contributed by atoms with Gasteiger partial charge in [0.1, 0.15) is 11.6 Å². The maximum absolute atomic E-state index is 14.0. The van der Waals surface area contributed by atoms with Gasteiger partial charge in [0.25, 0.3) is 11.5 Å². The van der Waals surface area contributed by atoms with E-state index in [4.69, 9.17) is 21.3 Å². The summed E-state index contributed by atoms with van der Waals surface area (Å²) in [6.45, 7) is 2.35. The summed E-state index contributed by atoms with van der Waals surface area (Å²) in [7, 11) is 1.56. The van der Waals surface area contributed by atoms with Crippen molar-refractivity contribution in [2.24, 2.45) is 0 Å². The van der Waals surface area contributed by atoms with Crippen molar-refractivity contribution in [3.63, 3.8) is 0 Å². The van der Waals surface area contributed by atoms with Crippen LogP contribution >= 0.6 is 11.6 Å². The maximum Gasteiger partial charge on any atom is 0.266 e. The first kappa shape index (κ1) is 25.6. The Morgan fingerprint density at radius 1 is 1.03 bits per heavy atom. The van der Waals surface area contributed by atoms with E-state index in [9.17, 15) is 14.0 Å². The predicted molar refractivity (Wildman–Crippen MR) is 148 cm³/mol. The smallest absolute Gasteiger partial charge is 0.266 e. The van der Waals surface area contributed by atoms with Crippen LogP contribution in [-0.2, 0) is 4.74 Å². The average Bonchev–Trinajstić information content (AvgIpc) is 2.94. The van der Waals surface area contributed by atoms with Gasteiger partial charge >= 0.3 is 0 Å². The summed E-state index contributed by atoms with van der Waals surface area (Å²) in [6.07, 6.45) is 0. The van der Waals surface area contributed by atoms with E-state index in [0.717, 1.165) is 10.8 Å². The van der Waals surface area contributed by atoms with Crippen molar-refractivity contribution in [3.8, 4) is 5.69 Å². The Balaban J connectivity index is 1.67. The molecule has 1 aromatic heterocycles. The van der Waals surface area contributed by atoms with Gasteiger partial charge in [0.2, 0.25) is 0 Å². The molecule has 1 atom stereocenters. The van der Waals surface area contributed by atoms with Crippen molar-refractivity contribution in [3.05, 3.63) is 118 Å². The van der Waals surface area contributed by atoms with Crippen LogP contribution in [0.5, 0.6) is 0 Å². The molecule has 0 radical (unpaired) electrons. The average molecular weight is 530 g/mol. The highest BCUT2D eigenvalue weighted by atomic mass is 35.5. The third kappa shape index (κ3) is 4.78. The largest absolute Gasteiger partial charge is 0.383 e. The number of fused-ring (bicyclic) bond motifs is 2. The quantitative estimate of drug-likeness (QED) is 0.252. The number of ether oxygens (including phenoxy) is 1. The topological polar surface area (TPSA) is 64.4 Å². The van der Waals surface area contributed by atoms with Gasteiger partial charge in [0.15, 0.2) is 0 Å². The molecule has 6 nitrogen and oxygen atoms in total. The van der Waals surface area contributed by atoms with Crippen LogP contribution in [0.25, 0.3) is 27.4 Å². The normalized spacial score (nSPS) is 12.1. The summed E-state index contributed by atoms with van der Waals surface area (Å²) in [5.41, 5.74) is 1.01. The summed E-state index contributed by atoms with van der Waals surface area (Å²) in [4.78, 5) is 34.1. The maximum atomic E-state index is 14.0. The lowest BCUT2D eigenvalue weighted by molar-refractivity contribution is 0.0605. The van der Waals surface area contributed by atoms with Gasteiger partial charge in [-0.2, -0.15) is 0 Å². The number of aromatic nitrogens is 2. The Labute approximate surface area is 223 Å². The number of rotatable bonds is 7. The molecular weight excluding hydrogens is 505 g/mol. The fourth-order valence-electron chi connectivity index (χ4n) is 4.59. The van der Waals surface area contributed by atoms with E-state index >= 15 is 0 Å². The fraction of sp³-hybridized carbons (Fsp3) is 0.167. The first-order chi connectivity index (χ1) is 18.4. The van der Waals surface area contributed by atoms with E-state index in [1.165, 1.54) is 22.8 Å². The predicted octanol–water partition coefficient (Wildman–Crippen LogP) is 6.18. The first-order valence-corrected chi connectivity index (χ1v) is 12.5. The highest BCUT2D eigenvalue weighted by Crippen LogP contribution is 2.27. The second kappa shape index (κ2) is 10.7. The Bertz CT molecular complexity index is 1720.